The number of hydrogen-bond acceptors (Lipinski definition) is 6. The lowest BCUT2D eigenvalue weighted by atomic mass is 10.1. The molecule has 0 saturated heterocycles. The van der Waals surface area contributed by atoms with Crippen molar-refractivity contribution < 1.29 is 9.47 Å². The molecule has 27 heavy (non-hydrogen) atoms. The van der Waals surface area contributed by atoms with Crippen LogP contribution in [0.25, 0.3) is 16.8 Å². The van der Waals surface area contributed by atoms with Crippen LogP contribution in [-0.4, -0.2) is 46.6 Å². The van der Waals surface area contributed by atoms with E-state index in [9.17, 15) is 0 Å². The zero-order chi connectivity index (χ0) is 19.7. The second-order valence-electron chi connectivity index (χ2n) is 6.21. The van der Waals surface area contributed by atoms with E-state index in [0.29, 0.717) is 33.9 Å². The van der Waals surface area contributed by atoms with Crippen LogP contribution < -0.4 is 5.73 Å². The molecule has 0 amide bonds. The van der Waals surface area contributed by atoms with Crippen molar-refractivity contribution in [2.24, 2.45) is 5.73 Å². The van der Waals surface area contributed by atoms with E-state index in [-0.39, 0.29) is 5.92 Å². The number of ether oxygens (including phenoxy) is 2. The van der Waals surface area contributed by atoms with Gasteiger partial charge in [-0.25, -0.2) is 9.97 Å². The zero-order valence-corrected chi connectivity index (χ0v) is 17.0. The third kappa shape index (κ3) is 3.79. The summed E-state index contributed by atoms with van der Waals surface area (Å²) in [6.07, 6.45) is -0.602. The van der Waals surface area contributed by atoms with Crippen LogP contribution in [0.5, 0.6) is 0 Å². The Morgan fingerprint density at radius 1 is 1.19 bits per heavy atom. The molecule has 144 valence electrons. The minimum Gasteiger partial charge on any atom is -0.384 e. The molecule has 0 spiro atoms. The summed E-state index contributed by atoms with van der Waals surface area (Å²) in [6, 6.07) is 5.35. The summed E-state index contributed by atoms with van der Waals surface area (Å²) < 4.78 is 12.3. The second-order valence-corrected chi connectivity index (χ2v) is 7.05. The molecule has 0 radical (unpaired) electrons. The fourth-order valence-electron chi connectivity index (χ4n) is 3.08. The second kappa shape index (κ2) is 8.08. The monoisotopic (exact) mass is 409 g/mol. The van der Waals surface area contributed by atoms with Gasteiger partial charge in [0.1, 0.15) is 17.9 Å². The maximum absolute atomic E-state index is 6.43. The predicted octanol–water partition coefficient (Wildman–Crippen LogP) is 3.38. The largest absolute Gasteiger partial charge is 0.384 e. The van der Waals surface area contributed by atoms with Crippen molar-refractivity contribution in [1.82, 2.24) is 19.6 Å². The highest BCUT2D eigenvalue weighted by Crippen LogP contribution is 2.35. The average molecular weight is 410 g/mol. The summed E-state index contributed by atoms with van der Waals surface area (Å²) >= 11 is 12.5. The molecule has 2 N–H and O–H groups in total. The first-order valence-electron chi connectivity index (χ1n) is 8.34. The highest BCUT2D eigenvalue weighted by Gasteiger charge is 2.27. The first-order valence-corrected chi connectivity index (χ1v) is 9.09. The van der Waals surface area contributed by atoms with Crippen LogP contribution in [0.2, 0.25) is 10.0 Å². The van der Waals surface area contributed by atoms with Gasteiger partial charge >= 0.3 is 0 Å². The third-order valence-electron chi connectivity index (χ3n) is 4.34. The Bertz CT molecular complexity index is 976. The fraction of sp³-hybridized carbons (Fsp3) is 0.389. The first-order chi connectivity index (χ1) is 12.9. The average Bonchev–Trinajstić information content (AvgIpc) is 2.94. The molecule has 2 aromatic heterocycles. The van der Waals surface area contributed by atoms with Crippen molar-refractivity contribution in [3.05, 3.63) is 45.6 Å². The van der Waals surface area contributed by atoms with E-state index in [1.807, 2.05) is 19.9 Å². The first kappa shape index (κ1) is 20.0. The quantitative estimate of drug-likeness (QED) is 0.627. The highest BCUT2D eigenvalue weighted by molar-refractivity contribution is 6.36. The Hall–Kier alpha value is -1.77. The van der Waals surface area contributed by atoms with Crippen molar-refractivity contribution >= 4 is 28.8 Å². The normalized spacial score (nSPS) is 13.9. The summed E-state index contributed by atoms with van der Waals surface area (Å²) in [5.41, 5.74) is 9.17. The Morgan fingerprint density at radius 2 is 1.93 bits per heavy atom. The maximum atomic E-state index is 6.43. The summed E-state index contributed by atoms with van der Waals surface area (Å²) in [7, 11) is 3.15. The van der Waals surface area contributed by atoms with E-state index < -0.39 is 6.23 Å². The van der Waals surface area contributed by atoms with E-state index in [2.05, 4.69) is 15.1 Å². The molecule has 9 heteroatoms. The number of methoxy groups -OCH3 is 2. The van der Waals surface area contributed by atoms with Crippen LogP contribution in [0, 0.1) is 13.8 Å². The third-order valence-corrected chi connectivity index (χ3v) is 4.89. The highest BCUT2D eigenvalue weighted by atomic mass is 35.5. The number of hydrogen-bond donors (Lipinski definition) is 1. The van der Waals surface area contributed by atoms with E-state index in [1.54, 1.807) is 30.9 Å². The molecule has 0 fully saturated rings. The van der Waals surface area contributed by atoms with Crippen LogP contribution in [-0.2, 0) is 9.47 Å². The minimum absolute atomic E-state index is 0.322. The van der Waals surface area contributed by atoms with Crippen molar-refractivity contribution in [3.8, 4) is 11.1 Å². The number of nitrogens with two attached hydrogens (primary N) is 1. The smallest absolute Gasteiger partial charge is 0.167 e. The molecule has 1 aromatic carbocycles. The van der Waals surface area contributed by atoms with E-state index in [0.717, 1.165) is 16.8 Å². The molecule has 0 aliphatic heterocycles. The maximum Gasteiger partial charge on any atom is 0.167 e. The number of nitrogens with zero attached hydrogens (tertiary/aromatic N) is 4. The number of halogens is 2. The Kier molecular flexibility index (Phi) is 5.98. The lowest BCUT2D eigenvalue weighted by Crippen LogP contribution is -2.35. The fourth-order valence-corrected chi connectivity index (χ4v) is 3.58. The van der Waals surface area contributed by atoms with Gasteiger partial charge in [0, 0.05) is 24.8 Å². The summed E-state index contributed by atoms with van der Waals surface area (Å²) in [6.45, 7) is 4.05. The number of rotatable bonds is 6. The molecule has 0 aliphatic carbocycles. The Balaban J connectivity index is 2.28. The van der Waals surface area contributed by atoms with Gasteiger partial charge < -0.3 is 15.2 Å². The van der Waals surface area contributed by atoms with Crippen LogP contribution in [0.4, 0.5) is 0 Å². The van der Waals surface area contributed by atoms with Gasteiger partial charge in [-0.1, -0.05) is 29.3 Å². The molecular formula is C18H21Cl2N5O2. The number of fused-ring (bicyclic) bond motifs is 1. The molecule has 3 rings (SSSR count). The lowest BCUT2D eigenvalue weighted by Gasteiger charge is -2.22. The topological polar surface area (TPSA) is 87.6 Å². The molecule has 2 atom stereocenters. The summed E-state index contributed by atoms with van der Waals surface area (Å²) in [4.78, 5) is 9.17. The van der Waals surface area contributed by atoms with Crippen molar-refractivity contribution in [1.29, 1.82) is 0 Å². The van der Waals surface area contributed by atoms with Gasteiger partial charge in [0.05, 0.1) is 28.8 Å². The predicted molar refractivity (Wildman–Crippen MR) is 105 cm³/mol. The molecule has 3 aromatic rings. The molecule has 0 bridgehead atoms. The molecule has 2 unspecified atom stereocenters. The zero-order valence-electron chi connectivity index (χ0n) is 15.5. The van der Waals surface area contributed by atoms with Crippen molar-refractivity contribution in [3.63, 3.8) is 0 Å². The lowest BCUT2D eigenvalue weighted by molar-refractivity contribution is 0.0461. The van der Waals surface area contributed by atoms with Crippen LogP contribution >= 0.6 is 23.2 Å². The molecule has 0 saturated carbocycles. The minimum atomic E-state index is -0.602. The van der Waals surface area contributed by atoms with Gasteiger partial charge in [-0.2, -0.15) is 9.61 Å². The SMILES string of the molecule is COCC(c1nc(C)nc2c(-c3ccc(Cl)cc3Cl)c(C)nn12)C(N)OC. The van der Waals surface area contributed by atoms with E-state index in [1.165, 1.54) is 0 Å². The van der Waals surface area contributed by atoms with E-state index >= 15 is 0 Å². The number of aryl methyl sites for hydroxylation is 2. The summed E-state index contributed by atoms with van der Waals surface area (Å²) in [5, 5.41) is 5.74. The van der Waals surface area contributed by atoms with E-state index in [4.69, 9.17) is 38.4 Å². The van der Waals surface area contributed by atoms with Crippen molar-refractivity contribution in [2.45, 2.75) is 26.0 Å². The van der Waals surface area contributed by atoms with Crippen LogP contribution in [0.15, 0.2) is 18.2 Å². The Morgan fingerprint density at radius 3 is 2.56 bits per heavy atom. The molecule has 2 heterocycles. The van der Waals surface area contributed by atoms with Gasteiger partial charge in [0.2, 0.25) is 0 Å². The van der Waals surface area contributed by atoms with Gasteiger partial charge in [-0.3, -0.25) is 0 Å². The number of benzene rings is 1. The van der Waals surface area contributed by atoms with Crippen LogP contribution in [0.1, 0.15) is 23.3 Å². The molecular weight excluding hydrogens is 389 g/mol. The van der Waals surface area contributed by atoms with Crippen LogP contribution in [0.3, 0.4) is 0 Å². The van der Waals surface area contributed by atoms with Gasteiger partial charge in [0.15, 0.2) is 5.65 Å². The Labute approximate surface area is 167 Å². The van der Waals surface area contributed by atoms with Gasteiger partial charge in [-0.05, 0) is 26.0 Å². The summed E-state index contributed by atoms with van der Waals surface area (Å²) in [5.74, 6) is 0.887. The molecule has 0 aliphatic rings. The number of aromatic nitrogens is 4. The van der Waals surface area contributed by atoms with Gasteiger partial charge in [0.25, 0.3) is 0 Å². The van der Waals surface area contributed by atoms with Gasteiger partial charge in [-0.15, -0.1) is 0 Å². The molecule has 7 nitrogen and oxygen atoms in total. The van der Waals surface area contributed by atoms with Crippen molar-refractivity contribution in [2.75, 3.05) is 20.8 Å². The standard InChI is InChI=1S/C18H21Cl2N5O2/c1-9-15(12-6-5-11(19)7-14(12)20)18-23-10(2)22-17(25(18)24-9)13(8-26-3)16(21)27-4/h5-7,13,16H,8,21H2,1-4H3.